The second-order valence-corrected chi connectivity index (χ2v) is 12.0. The summed E-state index contributed by atoms with van der Waals surface area (Å²) in [7, 11) is -1.59. The molecule has 0 bridgehead atoms. The molecule has 0 aliphatic rings. The first-order valence-electron chi connectivity index (χ1n) is 7.39. The van der Waals surface area contributed by atoms with Gasteiger partial charge in [0.05, 0.1) is 10.2 Å². The number of hydrogen-bond donors (Lipinski definition) is 0. The Hall–Kier alpha value is -1.70. The van der Waals surface area contributed by atoms with Gasteiger partial charge in [-0.15, -0.1) is 5.54 Å². The largest absolute Gasteiger partial charge is 0.239 e. The molecule has 2 aromatic rings. The minimum absolute atomic E-state index is 0.330. The molecule has 118 valence electrons. The van der Waals surface area contributed by atoms with Crippen LogP contribution in [0.15, 0.2) is 51.9 Å². The van der Waals surface area contributed by atoms with Crippen LogP contribution in [0.25, 0.3) is 0 Å². The van der Waals surface area contributed by atoms with Crippen molar-refractivity contribution in [1.82, 2.24) is 0 Å². The molecule has 2 aromatic carbocycles. The van der Waals surface area contributed by atoms with Crippen molar-refractivity contribution in [3.63, 3.8) is 0 Å². The first kappa shape index (κ1) is 17.6. The average Bonchev–Trinajstić information content (AvgIpc) is 2.48. The van der Waals surface area contributed by atoms with Gasteiger partial charge in [-0.3, -0.25) is 0 Å². The Labute approximate surface area is 146 Å². The molecule has 0 atom stereocenters. The summed E-state index contributed by atoms with van der Waals surface area (Å²) >= 11 is 3.23. The van der Waals surface area contributed by atoms with Gasteiger partial charge in [0, 0.05) is 5.56 Å². The molecule has 23 heavy (non-hydrogen) atoms. The highest BCUT2D eigenvalue weighted by Gasteiger charge is 2.13. The van der Waals surface area contributed by atoms with Gasteiger partial charge >= 0.3 is 0 Å². The summed E-state index contributed by atoms with van der Waals surface area (Å²) in [5, 5.41) is 0. The Balaban J connectivity index is 2.57. The Morgan fingerprint density at radius 2 is 1.74 bits per heavy atom. The lowest BCUT2D eigenvalue weighted by atomic mass is 10.1. The fourth-order valence-corrected chi connectivity index (χ4v) is 2.70. The zero-order chi connectivity index (χ0) is 17.0. The van der Waals surface area contributed by atoms with E-state index in [1.165, 1.54) is 0 Å². The molecule has 0 heterocycles. The first-order valence-corrected chi connectivity index (χ1v) is 11.7. The maximum Gasteiger partial charge on any atom is 0.147 e. The number of hydrogen-bond acceptors (Lipinski definition) is 1. The highest BCUT2D eigenvalue weighted by Crippen LogP contribution is 2.21. The van der Waals surface area contributed by atoms with Gasteiger partial charge in [0.2, 0.25) is 0 Å². The molecule has 0 amide bonds. The van der Waals surface area contributed by atoms with E-state index in [-0.39, 0.29) is 5.82 Å². The van der Waals surface area contributed by atoms with Crippen LogP contribution in [0.5, 0.6) is 0 Å². The van der Waals surface area contributed by atoms with E-state index in [0.29, 0.717) is 15.7 Å². The summed E-state index contributed by atoms with van der Waals surface area (Å²) in [6, 6.07) is 13.0. The standard InChI is InChI=1S/C19H19BrFNSi/c1-14-8-10-15(11-9-14)22-18(12-13-23(2,3)4)16-6-5-7-17(20)19(16)21/h5-11H,1-4H3. The van der Waals surface area contributed by atoms with Gasteiger partial charge in [0.1, 0.15) is 19.6 Å². The van der Waals surface area contributed by atoms with Gasteiger partial charge in [0.25, 0.3) is 0 Å². The van der Waals surface area contributed by atoms with Crippen LogP contribution in [0.1, 0.15) is 11.1 Å². The normalized spacial score (nSPS) is 11.8. The lowest BCUT2D eigenvalue weighted by molar-refractivity contribution is 0.619. The average molecular weight is 388 g/mol. The number of aryl methyl sites for hydroxylation is 1. The highest BCUT2D eigenvalue weighted by molar-refractivity contribution is 9.10. The summed E-state index contributed by atoms with van der Waals surface area (Å²) in [6.07, 6.45) is 0. The minimum atomic E-state index is -1.59. The molecule has 0 radical (unpaired) electrons. The maximum atomic E-state index is 14.5. The molecule has 1 nitrogen and oxygen atoms in total. The Morgan fingerprint density at radius 3 is 2.35 bits per heavy atom. The third kappa shape index (κ3) is 5.16. The smallest absolute Gasteiger partial charge is 0.147 e. The van der Waals surface area contributed by atoms with Gasteiger partial charge in [-0.05, 0) is 47.1 Å². The van der Waals surface area contributed by atoms with E-state index in [4.69, 9.17) is 0 Å². The molecular formula is C19H19BrFNSi. The second-order valence-electron chi connectivity index (χ2n) is 6.40. The van der Waals surface area contributed by atoms with Crippen molar-refractivity contribution in [2.45, 2.75) is 26.6 Å². The summed E-state index contributed by atoms with van der Waals surface area (Å²) in [5.41, 5.74) is 6.10. The molecule has 0 saturated carbocycles. The Bertz CT molecular complexity index is 793. The Morgan fingerprint density at radius 1 is 1.09 bits per heavy atom. The molecule has 2 rings (SSSR count). The monoisotopic (exact) mass is 387 g/mol. The van der Waals surface area contributed by atoms with Crippen LogP contribution in [-0.4, -0.2) is 13.8 Å². The predicted molar refractivity (Wildman–Crippen MR) is 103 cm³/mol. The first-order chi connectivity index (χ1) is 10.8. The molecule has 0 unspecified atom stereocenters. The summed E-state index contributed by atoms with van der Waals surface area (Å²) in [6.45, 7) is 8.48. The molecular weight excluding hydrogens is 369 g/mol. The van der Waals surface area contributed by atoms with Gasteiger partial charge < -0.3 is 0 Å². The molecule has 0 N–H and O–H groups in total. The lowest BCUT2D eigenvalue weighted by Crippen LogP contribution is -2.17. The lowest BCUT2D eigenvalue weighted by Gasteiger charge is -2.07. The van der Waals surface area contributed by atoms with Gasteiger partial charge in [-0.2, -0.15) is 0 Å². The number of halogens is 2. The molecule has 0 fully saturated rings. The second kappa shape index (κ2) is 7.25. The van der Waals surface area contributed by atoms with Gasteiger partial charge in [-0.1, -0.05) is 49.3 Å². The fourth-order valence-electron chi connectivity index (χ4n) is 1.84. The van der Waals surface area contributed by atoms with Crippen LogP contribution in [0, 0.1) is 24.2 Å². The summed E-state index contributed by atoms with van der Waals surface area (Å²) < 4.78 is 14.9. The zero-order valence-corrected chi connectivity index (χ0v) is 16.3. The number of rotatable bonds is 2. The number of nitrogens with zero attached hydrogens (tertiary/aromatic N) is 1. The zero-order valence-electron chi connectivity index (χ0n) is 13.7. The van der Waals surface area contributed by atoms with E-state index in [1.807, 2.05) is 31.2 Å². The van der Waals surface area contributed by atoms with Crippen molar-refractivity contribution in [3.8, 4) is 11.5 Å². The SMILES string of the molecule is Cc1ccc(N=C(C#C[Si](C)(C)C)c2cccc(Br)c2F)cc1. The molecule has 0 aliphatic carbocycles. The predicted octanol–water partition coefficient (Wildman–Crippen LogP) is 5.90. The quantitative estimate of drug-likeness (QED) is 0.345. The third-order valence-electron chi connectivity index (χ3n) is 3.04. The van der Waals surface area contributed by atoms with Crippen molar-refractivity contribution in [2.24, 2.45) is 4.99 Å². The molecule has 4 heteroatoms. The summed E-state index contributed by atoms with van der Waals surface area (Å²) in [4.78, 5) is 4.58. The number of benzene rings is 2. The van der Waals surface area contributed by atoms with Crippen molar-refractivity contribution >= 4 is 35.4 Å². The van der Waals surface area contributed by atoms with E-state index in [2.05, 4.69) is 52.0 Å². The van der Waals surface area contributed by atoms with Crippen LogP contribution >= 0.6 is 15.9 Å². The molecule has 0 aromatic heterocycles. The van der Waals surface area contributed by atoms with Gasteiger partial charge in [-0.25, -0.2) is 9.38 Å². The highest BCUT2D eigenvalue weighted by atomic mass is 79.9. The Kier molecular flexibility index (Phi) is 5.56. The van der Waals surface area contributed by atoms with Crippen molar-refractivity contribution < 1.29 is 4.39 Å². The summed E-state index contributed by atoms with van der Waals surface area (Å²) in [5.74, 6) is 2.78. The molecule has 0 aliphatic heterocycles. The van der Waals surface area contributed by atoms with E-state index in [9.17, 15) is 4.39 Å². The van der Waals surface area contributed by atoms with E-state index >= 15 is 0 Å². The third-order valence-corrected chi connectivity index (χ3v) is 4.52. The van der Waals surface area contributed by atoms with Crippen LogP contribution in [0.2, 0.25) is 19.6 Å². The maximum absolute atomic E-state index is 14.5. The fraction of sp³-hybridized carbons (Fsp3) is 0.211. The van der Waals surface area contributed by atoms with Crippen LogP contribution < -0.4 is 0 Å². The van der Waals surface area contributed by atoms with E-state index in [1.54, 1.807) is 18.2 Å². The van der Waals surface area contributed by atoms with E-state index in [0.717, 1.165) is 11.3 Å². The van der Waals surface area contributed by atoms with Crippen LogP contribution in [0.3, 0.4) is 0 Å². The van der Waals surface area contributed by atoms with Crippen LogP contribution in [-0.2, 0) is 0 Å². The van der Waals surface area contributed by atoms with E-state index < -0.39 is 8.07 Å². The van der Waals surface area contributed by atoms with Gasteiger partial charge in [0.15, 0.2) is 0 Å². The van der Waals surface area contributed by atoms with Crippen molar-refractivity contribution in [2.75, 3.05) is 0 Å². The van der Waals surface area contributed by atoms with Crippen LogP contribution in [0.4, 0.5) is 10.1 Å². The number of aliphatic imine (C=N–C) groups is 1. The minimum Gasteiger partial charge on any atom is -0.239 e. The molecule has 0 spiro atoms. The molecule has 0 saturated heterocycles. The van der Waals surface area contributed by atoms with Crippen molar-refractivity contribution in [1.29, 1.82) is 0 Å². The van der Waals surface area contributed by atoms with Crippen molar-refractivity contribution in [3.05, 3.63) is 63.9 Å². The topological polar surface area (TPSA) is 12.4 Å².